The number of benzene rings is 1. The third-order valence-electron chi connectivity index (χ3n) is 2.66. The van der Waals surface area contributed by atoms with Gasteiger partial charge in [-0.05, 0) is 24.6 Å². The lowest BCUT2D eigenvalue weighted by Crippen LogP contribution is -2.24. The minimum absolute atomic E-state index is 0.381. The van der Waals surface area contributed by atoms with Crippen LogP contribution in [-0.2, 0) is 16.6 Å². The van der Waals surface area contributed by atoms with E-state index in [1.165, 1.54) is 0 Å². The average molecular weight is 347 g/mol. The predicted octanol–water partition coefficient (Wildman–Crippen LogP) is 1.32. The number of nitrogens with zero attached hydrogens (tertiary/aromatic N) is 2. The summed E-state index contributed by atoms with van der Waals surface area (Å²) < 4.78 is 27.2. The highest BCUT2D eigenvalue weighted by Gasteiger charge is 2.08. The summed E-state index contributed by atoms with van der Waals surface area (Å²) in [5.74, 6) is 0.437. The van der Waals surface area contributed by atoms with Gasteiger partial charge < -0.3 is 10.3 Å². The number of sulfonamides is 1. The summed E-state index contributed by atoms with van der Waals surface area (Å²) >= 11 is 3.41. The Morgan fingerprint density at radius 1 is 1.47 bits per heavy atom. The number of nitrogens with two attached hydrogens (primary N) is 1. The van der Waals surface area contributed by atoms with Crippen molar-refractivity contribution in [2.45, 2.75) is 13.0 Å². The van der Waals surface area contributed by atoms with E-state index in [1.54, 1.807) is 0 Å². The maximum atomic E-state index is 11.0. The second kappa shape index (κ2) is 5.48. The third kappa shape index (κ3) is 3.68. The molecule has 0 radical (unpaired) electrons. The Morgan fingerprint density at radius 3 is 2.89 bits per heavy atom. The van der Waals surface area contributed by atoms with E-state index in [0.717, 1.165) is 21.8 Å². The first-order chi connectivity index (χ1) is 8.87. The first-order valence-corrected chi connectivity index (χ1v) is 8.41. The van der Waals surface area contributed by atoms with Crippen molar-refractivity contribution < 1.29 is 8.42 Å². The van der Waals surface area contributed by atoms with Gasteiger partial charge in [-0.2, -0.15) is 0 Å². The quantitative estimate of drug-likeness (QED) is 0.799. The maximum Gasteiger partial charge on any atom is 0.208 e. The molecule has 19 heavy (non-hydrogen) atoms. The van der Waals surface area contributed by atoms with Gasteiger partial charge in [0.2, 0.25) is 16.0 Å². The summed E-state index contributed by atoms with van der Waals surface area (Å²) in [6, 6.07) is 5.74. The van der Waals surface area contributed by atoms with Crippen LogP contribution in [0.4, 0.5) is 5.95 Å². The molecule has 2 aromatic rings. The molecule has 8 heteroatoms. The Balaban J connectivity index is 2.12. The molecular weight excluding hydrogens is 332 g/mol. The van der Waals surface area contributed by atoms with Crippen LogP contribution in [0.2, 0.25) is 0 Å². The fraction of sp³-hybridized carbons (Fsp3) is 0.364. The Hall–Kier alpha value is -1.12. The van der Waals surface area contributed by atoms with Gasteiger partial charge in [0.05, 0.1) is 17.3 Å². The molecule has 0 saturated carbocycles. The highest BCUT2D eigenvalue weighted by molar-refractivity contribution is 9.10. The molecule has 0 aliphatic heterocycles. The van der Waals surface area contributed by atoms with Crippen LogP contribution in [0, 0.1) is 0 Å². The zero-order chi connectivity index (χ0) is 14.0. The summed E-state index contributed by atoms with van der Waals surface area (Å²) in [7, 11) is -3.14. The van der Waals surface area contributed by atoms with Gasteiger partial charge in [0.25, 0.3) is 0 Å². The molecule has 0 spiro atoms. The molecule has 0 aliphatic carbocycles. The van der Waals surface area contributed by atoms with Crippen LogP contribution in [-0.4, -0.2) is 30.8 Å². The van der Waals surface area contributed by atoms with E-state index in [0.29, 0.717) is 25.5 Å². The van der Waals surface area contributed by atoms with Crippen LogP contribution in [0.5, 0.6) is 0 Å². The topological polar surface area (TPSA) is 90.0 Å². The first kappa shape index (κ1) is 14.3. The van der Waals surface area contributed by atoms with Gasteiger partial charge in [-0.15, -0.1) is 0 Å². The van der Waals surface area contributed by atoms with Crippen molar-refractivity contribution in [1.29, 1.82) is 0 Å². The monoisotopic (exact) mass is 346 g/mol. The van der Waals surface area contributed by atoms with Crippen molar-refractivity contribution in [3.05, 3.63) is 22.7 Å². The lowest BCUT2D eigenvalue weighted by molar-refractivity contribution is 0.578. The number of nitrogens with one attached hydrogen (secondary N) is 1. The predicted molar refractivity (Wildman–Crippen MR) is 79.3 cm³/mol. The van der Waals surface area contributed by atoms with E-state index < -0.39 is 10.0 Å². The van der Waals surface area contributed by atoms with Crippen molar-refractivity contribution >= 4 is 42.9 Å². The minimum atomic E-state index is -3.14. The Morgan fingerprint density at radius 2 is 2.21 bits per heavy atom. The van der Waals surface area contributed by atoms with E-state index in [1.807, 2.05) is 22.8 Å². The molecule has 1 aromatic heterocycles. The molecular formula is C11H15BrN4O2S. The standard InChI is InChI=1S/C11H15BrN4O2S/c1-19(17,18)14-5-2-6-16-10-7-8(12)3-4-9(10)15-11(16)13/h3-4,7,14H,2,5-6H2,1H3,(H2,13,15). The van der Waals surface area contributed by atoms with Gasteiger partial charge in [0, 0.05) is 17.6 Å². The number of aromatic nitrogens is 2. The largest absolute Gasteiger partial charge is 0.369 e. The average Bonchev–Trinajstić information content (AvgIpc) is 2.59. The minimum Gasteiger partial charge on any atom is -0.369 e. The van der Waals surface area contributed by atoms with Gasteiger partial charge in [0.15, 0.2) is 0 Å². The summed E-state index contributed by atoms with van der Waals surface area (Å²) in [6.45, 7) is 0.993. The molecule has 0 atom stereocenters. The molecule has 1 heterocycles. The number of fused-ring (bicyclic) bond motifs is 1. The molecule has 104 valence electrons. The number of rotatable bonds is 5. The first-order valence-electron chi connectivity index (χ1n) is 5.73. The summed E-state index contributed by atoms with van der Waals surface area (Å²) in [5, 5.41) is 0. The molecule has 0 aliphatic rings. The van der Waals surface area contributed by atoms with Crippen molar-refractivity contribution in [3.63, 3.8) is 0 Å². The van der Waals surface area contributed by atoms with E-state index in [9.17, 15) is 8.42 Å². The number of imidazole rings is 1. The normalized spacial score (nSPS) is 12.1. The van der Waals surface area contributed by atoms with Crippen molar-refractivity contribution in [1.82, 2.24) is 14.3 Å². The van der Waals surface area contributed by atoms with E-state index in [-0.39, 0.29) is 0 Å². The molecule has 0 unspecified atom stereocenters. The Bertz CT molecular complexity index is 696. The second-order valence-corrected chi connectivity index (χ2v) is 7.02. The zero-order valence-electron chi connectivity index (χ0n) is 10.4. The van der Waals surface area contributed by atoms with Gasteiger partial charge >= 0.3 is 0 Å². The second-order valence-electron chi connectivity index (χ2n) is 4.27. The van der Waals surface area contributed by atoms with Crippen molar-refractivity contribution in [2.24, 2.45) is 0 Å². The number of aryl methyl sites for hydroxylation is 1. The number of hydrogen-bond donors (Lipinski definition) is 2. The molecule has 0 saturated heterocycles. The molecule has 6 nitrogen and oxygen atoms in total. The Kier molecular flexibility index (Phi) is 4.12. The van der Waals surface area contributed by atoms with Crippen LogP contribution >= 0.6 is 15.9 Å². The van der Waals surface area contributed by atoms with Crippen LogP contribution < -0.4 is 10.5 Å². The Labute approximate surface area is 120 Å². The number of nitrogen functional groups attached to an aromatic ring is 1. The molecule has 0 fully saturated rings. The van der Waals surface area contributed by atoms with Gasteiger partial charge in [0.1, 0.15) is 0 Å². The smallest absolute Gasteiger partial charge is 0.208 e. The third-order valence-corrected chi connectivity index (χ3v) is 3.88. The summed E-state index contributed by atoms with van der Waals surface area (Å²) in [5.41, 5.74) is 7.64. The van der Waals surface area contributed by atoms with Crippen molar-refractivity contribution in [2.75, 3.05) is 18.5 Å². The highest BCUT2D eigenvalue weighted by atomic mass is 79.9. The lowest BCUT2D eigenvalue weighted by Gasteiger charge is -2.07. The van der Waals surface area contributed by atoms with Crippen LogP contribution in [0.25, 0.3) is 11.0 Å². The number of anilines is 1. The number of hydrogen-bond acceptors (Lipinski definition) is 4. The maximum absolute atomic E-state index is 11.0. The molecule has 2 rings (SSSR count). The van der Waals surface area contributed by atoms with E-state index in [4.69, 9.17) is 5.73 Å². The van der Waals surface area contributed by atoms with Crippen molar-refractivity contribution in [3.8, 4) is 0 Å². The molecule has 0 bridgehead atoms. The zero-order valence-corrected chi connectivity index (χ0v) is 12.8. The van der Waals surface area contributed by atoms with E-state index >= 15 is 0 Å². The molecule has 1 aromatic carbocycles. The molecule has 0 amide bonds. The lowest BCUT2D eigenvalue weighted by atomic mass is 10.3. The van der Waals surface area contributed by atoms with Gasteiger partial charge in [-0.1, -0.05) is 15.9 Å². The fourth-order valence-electron chi connectivity index (χ4n) is 1.84. The SMILES string of the molecule is CS(=O)(=O)NCCCn1c(N)nc2ccc(Br)cc21. The summed E-state index contributed by atoms with van der Waals surface area (Å²) in [6.07, 6.45) is 1.79. The van der Waals surface area contributed by atoms with Crippen LogP contribution in [0.15, 0.2) is 22.7 Å². The number of halogens is 1. The van der Waals surface area contributed by atoms with Gasteiger partial charge in [-0.3, -0.25) is 0 Å². The summed E-state index contributed by atoms with van der Waals surface area (Å²) in [4.78, 5) is 4.26. The van der Waals surface area contributed by atoms with Gasteiger partial charge in [-0.25, -0.2) is 18.1 Å². The van der Waals surface area contributed by atoms with Crippen LogP contribution in [0.1, 0.15) is 6.42 Å². The highest BCUT2D eigenvalue weighted by Crippen LogP contribution is 2.22. The fourth-order valence-corrected chi connectivity index (χ4v) is 2.71. The van der Waals surface area contributed by atoms with Crippen LogP contribution in [0.3, 0.4) is 0 Å². The van der Waals surface area contributed by atoms with E-state index in [2.05, 4.69) is 25.6 Å². The molecule has 3 N–H and O–H groups in total.